The van der Waals surface area contributed by atoms with E-state index in [0.717, 1.165) is 35.9 Å². The normalized spacial score (nSPS) is 16.0. The highest BCUT2D eigenvalue weighted by molar-refractivity contribution is 5.93. The first-order valence-electron chi connectivity index (χ1n) is 8.21. The van der Waals surface area contributed by atoms with Gasteiger partial charge in [0.2, 0.25) is 0 Å². The number of carbonyl (C=O) groups is 1. The summed E-state index contributed by atoms with van der Waals surface area (Å²) in [6, 6.07) is 5.58. The minimum Gasteiger partial charge on any atom is -0.466 e. The molecule has 1 N–H and O–H groups in total. The summed E-state index contributed by atoms with van der Waals surface area (Å²) in [5.74, 6) is 1.49. The maximum absolute atomic E-state index is 12.5. The molecule has 0 bridgehead atoms. The van der Waals surface area contributed by atoms with Gasteiger partial charge in [0.25, 0.3) is 5.91 Å². The van der Waals surface area contributed by atoms with Gasteiger partial charge in [0.05, 0.1) is 19.3 Å². The molecule has 1 amide bonds. The Bertz CT molecular complexity index is 720. The average molecular weight is 329 g/mol. The Morgan fingerprint density at radius 2 is 2.04 bits per heavy atom. The first-order valence-corrected chi connectivity index (χ1v) is 8.21. The Hall–Kier alpha value is -2.34. The van der Waals surface area contributed by atoms with Gasteiger partial charge >= 0.3 is 0 Å². The van der Waals surface area contributed by atoms with Crippen molar-refractivity contribution in [3.8, 4) is 0 Å². The molecule has 6 nitrogen and oxygen atoms in total. The Kier molecular flexibility index (Phi) is 4.85. The van der Waals surface area contributed by atoms with E-state index in [0.29, 0.717) is 18.9 Å². The molecule has 1 aliphatic heterocycles. The standard InChI is InChI=1S/C18H23N3O3/c1-12-10-16(14(3)24-12)13(2)20-18(22)17-11-15(4-5-19-17)21-6-8-23-9-7-21/h4-5,10-11,13H,6-9H2,1-3H3,(H,20,22). The van der Waals surface area contributed by atoms with Crippen LogP contribution < -0.4 is 10.2 Å². The molecule has 1 atom stereocenters. The number of nitrogens with zero attached hydrogens (tertiary/aromatic N) is 2. The number of rotatable bonds is 4. The van der Waals surface area contributed by atoms with Crippen LogP contribution in [-0.4, -0.2) is 37.2 Å². The second kappa shape index (κ2) is 7.05. The summed E-state index contributed by atoms with van der Waals surface area (Å²) in [5.41, 5.74) is 2.41. The Morgan fingerprint density at radius 1 is 1.29 bits per heavy atom. The van der Waals surface area contributed by atoms with E-state index in [4.69, 9.17) is 9.15 Å². The Labute approximate surface area is 141 Å². The zero-order valence-corrected chi connectivity index (χ0v) is 14.3. The fourth-order valence-corrected chi connectivity index (χ4v) is 2.99. The van der Waals surface area contributed by atoms with Crippen molar-refractivity contribution in [3.05, 3.63) is 47.2 Å². The molecule has 3 rings (SSSR count). The molecule has 128 valence electrons. The molecule has 0 spiro atoms. The van der Waals surface area contributed by atoms with Crippen molar-refractivity contribution in [3.63, 3.8) is 0 Å². The topological polar surface area (TPSA) is 67.6 Å². The number of carbonyl (C=O) groups excluding carboxylic acids is 1. The van der Waals surface area contributed by atoms with Gasteiger partial charge < -0.3 is 19.4 Å². The summed E-state index contributed by atoms with van der Waals surface area (Å²) in [4.78, 5) is 19.0. The second-order valence-electron chi connectivity index (χ2n) is 6.06. The molecule has 2 aromatic rings. The van der Waals surface area contributed by atoms with Crippen molar-refractivity contribution in [1.82, 2.24) is 10.3 Å². The summed E-state index contributed by atoms with van der Waals surface area (Å²) < 4.78 is 10.9. The highest BCUT2D eigenvalue weighted by Gasteiger charge is 2.18. The minimum absolute atomic E-state index is 0.135. The molecule has 2 aromatic heterocycles. The minimum atomic E-state index is -0.184. The molecule has 3 heterocycles. The molecule has 6 heteroatoms. The molecule has 0 saturated carbocycles. The Balaban J connectivity index is 1.71. The summed E-state index contributed by atoms with van der Waals surface area (Å²) >= 11 is 0. The molecule has 1 fully saturated rings. The second-order valence-corrected chi connectivity index (χ2v) is 6.06. The van der Waals surface area contributed by atoms with Gasteiger partial charge in [-0.05, 0) is 39.0 Å². The van der Waals surface area contributed by atoms with Crippen LogP contribution in [0.2, 0.25) is 0 Å². The number of hydrogen-bond acceptors (Lipinski definition) is 5. The van der Waals surface area contributed by atoms with Crippen LogP contribution in [0, 0.1) is 13.8 Å². The third-order valence-electron chi connectivity index (χ3n) is 4.25. The highest BCUT2D eigenvalue weighted by atomic mass is 16.5. The lowest BCUT2D eigenvalue weighted by atomic mass is 10.1. The molecule has 24 heavy (non-hydrogen) atoms. The summed E-state index contributed by atoms with van der Waals surface area (Å²) in [6.45, 7) is 8.83. The predicted molar refractivity (Wildman–Crippen MR) is 91.3 cm³/mol. The van der Waals surface area contributed by atoms with Gasteiger partial charge in [0, 0.05) is 30.5 Å². The lowest BCUT2D eigenvalue weighted by Gasteiger charge is -2.28. The number of aryl methyl sites for hydroxylation is 2. The van der Waals surface area contributed by atoms with Crippen LogP contribution in [0.25, 0.3) is 0 Å². The maximum atomic E-state index is 12.5. The van der Waals surface area contributed by atoms with E-state index in [1.54, 1.807) is 6.20 Å². The largest absolute Gasteiger partial charge is 0.466 e. The number of furan rings is 1. The third-order valence-corrected chi connectivity index (χ3v) is 4.25. The van der Waals surface area contributed by atoms with Crippen LogP contribution in [0.15, 0.2) is 28.8 Å². The van der Waals surface area contributed by atoms with Crippen molar-refractivity contribution in [1.29, 1.82) is 0 Å². The van der Waals surface area contributed by atoms with E-state index in [2.05, 4.69) is 15.2 Å². The Morgan fingerprint density at radius 3 is 2.71 bits per heavy atom. The van der Waals surface area contributed by atoms with Gasteiger partial charge in [0.15, 0.2) is 0 Å². The van der Waals surface area contributed by atoms with E-state index >= 15 is 0 Å². The van der Waals surface area contributed by atoms with Crippen LogP contribution in [0.4, 0.5) is 5.69 Å². The summed E-state index contributed by atoms with van der Waals surface area (Å²) in [7, 11) is 0. The van der Waals surface area contributed by atoms with Crippen LogP contribution in [0.5, 0.6) is 0 Å². The molecule has 0 aliphatic carbocycles. The third kappa shape index (κ3) is 3.59. The fraction of sp³-hybridized carbons (Fsp3) is 0.444. The molecular weight excluding hydrogens is 306 g/mol. The van der Waals surface area contributed by atoms with Crippen LogP contribution >= 0.6 is 0 Å². The molecule has 1 unspecified atom stereocenters. The van der Waals surface area contributed by atoms with Gasteiger partial charge in [-0.3, -0.25) is 9.78 Å². The molecule has 1 aliphatic rings. The smallest absolute Gasteiger partial charge is 0.270 e. The van der Waals surface area contributed by atoms with Crippen LogP contribution in [-0.2, 0) is 4.74 Å². The number of anilines is 1. The predicted octanol–water partition coefficient (Wildman–Crippen LogP) is 2.62. The zero-order valence-electron chi connectivity index (χ0n) is 14.3. The molecule has 0 radical (unpaired) electrons. The van der Waals surface area contributed by atoms with E-state index in [1.807, 2.05) is 39.0 Å². The molecule has 0 aromatic carbocycles. The highest BCUT2D eigenvalue weighted by Crippen LogP contribution is 2.22. The van der Waals surface area contributed by atoms with Crippen molar-refractivity contribution in [2.24, 2.45) is 0 Å². The quantitative estimate of drug-likeness (QED) is 0.934. The van der Waals surface area contributed by atoms with Gasteiger partial charge in [0.1, 0.15) is 17.2 Å². The van der Waals surface area contributed by atoms with Crippen molar-refractivity contribution in [2.45, 2.75) is 26.8 Å². The number of aromatic nitrogens is 1. The van der Waals surface area contributed by atoms with Gasteiger partial charge in [-0.25, -0.2) is 0 Å². The number of nitrogens with one attached hydrogen (secondary N) is 1. The lowest BCUT2D eigenvalue weighted by Crippen LogP contribution is -2.36. The number of morpholine rings is 1. The number of amides is 1. The zero-order chi connectivity index (χ0) is 17.1. The lowest BCUT2D eigenvalue weighted by molar-refractivity contribution is 0.0934. The van der Waals surface area contributed by atoms with E-state index in [-0.39, 0.29) is 11.9 Å². The van der Waals surface area contributed by atoms with Gasteiger partial charge in [-0.15, -0.1) is 0 Å². The maximum Gasteiger partial charge on any atom is 0.270 e. The van der Waals surface area contributed by atoms with Crippen LogP contribution in [0.1, 0.15) is 40.5 Å². The van der Waals surface area contributed by atoms with E-state index in [1.165, 1.54) is 0 Å². The molecule has 1 saturated heterocycles. The van der Waals surface area contributed by atoms with Crippen molar-refractivity contribution >= 4 is 11.6 Å². The average Bonchev–Trinajstić information content (AvgIpc) is 2.94. The van der Waals surface area contributed by atoms with Crippen LogP contribution in [0.3, 0.4) is 0 Å². The van der Waals surface area contributed by atoms with E-state index < -0.39 is 0 Å². The first kappa shape index (κ1) is 16.5. The summed E-state index contributed by atoms with van der Waals surface area (Å²) in [5, 5.41) is 2.99. The van der Waals surface area contributed by atoms with Crippen molar-refractivity contribution < 1.29 is 13.9 Å². The monoisotopic (exact) mass is 329 g/mol. The number of hydrogen-bond donors (Lipinski definition) is 1. The summed E-state index contributed by atoms with van der Waals surface area (Å²) in [6.07, 6.45) is 1.68. The van der Waals surface area contributed by atoms with E-state index in [9.17, 15) is 4.79 Å². The first-order chi connectivity index (χ1) is 11.5. The fourth-order valence-electron chi connectivity index (χ4n) is 2.99. The van der Waals surface area contributed by atoms with Gasteiger partial charge in [-0.1, -0.05) is 0 Å². The molecular formula is C18H23N3O3. The van der Waals surface area contributed by atoms with Crippen molar-refractivity contribution in [2.75, 3.05) is 31.2 Å². The number of ether oxygens (including phenoxy) is 1. The van der Waals surface area contributed by atoms with Gasteiger partial charge in [-0.2, -0.15) is 0 Å². The number of pyridine rings is 1. The SMILES string of the molecule is Cc1cc(C(C)NC(=O)c2cc(N3CCOCC3)ccn2)c(C)o1.